The van der Waals surface area contributed by atoms with Crippen molar-refractivity contribution in [3.8, 4) is 0 Å². The van der Waals surface area contributed by atoms with Gasteiger partial charge in [0.2, 0.25) is 11.8 Å². The maximum atomic E-state index is 13.6. The summed E-state index contributed by atoms with van der Waals surface area (Å²) in [4.78, 5) is 24.3. The number of nitrogens with one attached hydrogen (secondary N) is 4. The number of benzene rings is 2. The van der Waals surface area contributed by atoms with Crippen molar-refractivity contribution in [2.75, 3.05) is 18.4 Å². The van der Waals surface area contributed by atoms with E-state index in [1.54, 1.807) is 0 Å². The van der Waals surface area contributed by atoms with Crippen molar-refractivity contribution in [1.29, 1.82) is 0 Å². The number of anilines is 1. The number of hydrogen-bond acceptors (Lipinski definition) is 4. The third-order valence-corrected chi connectivity index (χ3v) is 4.21. The van der Waals surface area contributed by atoms with Gasteiger partial charge in [0, 0.05) is 6.54 Å². The summed E-state index contributed by atoms with van der Waals surface area (Å²) >= 11 is 0. The van der Waals surface area contributed by atoms with Gasteiger partial charge < -0.3 is 10.6 Å². The third-order valence-electron chi connectivity index (χ3n) is 4.21. The zero-order valence-corrected chi connectivity index (χ0v) is 14.1. The first kappa shape index (κ1) is 18.9. The van der Waals surface area contributed by atoms with Crippen LogP contribution in [-0.2, 0) is 9.59 Å². The highest BCUT2D eigenvalue weighted by Gasteiger charge is 2.33. The minimum Gasteiger partial charge on any atom is -0.347 e. The summed E-state index contributed by atoms with van der Waals surface area (Å²) in [6.45, 7) is -0.0694. The van der Waals surface area contributed by atoms with Gasteiger partial charge in [0.15, 0.2) is 17.5 Å². The summed E-state index contributed by atoms with van der Waals surface area (Å²) in [5.41, 5.74) is 6.33. The molecule has 4 N–H and O–H groups in total. The van der Waals surface area contributed by atoms with Crippen molar-refractivity contribution >= 4 is 17.5 Å². The van der Waals surface area contributed by atoms with Crippen LogP contribution < -0.4 is 21.5 Å². The average molecular weight is 378 g/mol. The SMILES string of the molecule is O=C(CNC(=O)C1CNNC1c1ccccc1)Nc1ccc(F)c(F)c1F. The van der Waals surface area contributed by atoms with Gasteiger partial charge in [-0.05, 0) is 17.7 Å². The van der Waals surface area contributed by atoms with Crippen molar-refractivity contribution in [2.45, 2.75) is 6.04 Å². The Bertz CT molecular complexity index is 848. The fourth-order valence-corrected chi connectivity index (χ4v) is 2.83. The highest BCUT2D eigenvalue weighted by molar-refractivity contribution is 5.95. The smallest absolute Gasteiger partial charge is 0.243 e. The van der Waals surface area contributed by atoms with Crippen LogP contribution in [0.2, 0.25) is 0 Å². The first-order valence-corrected chi connectivity index (χ1v) is 8.21. The van der Waals surface area contributed by atoms with Crippen molar-refractivity contribution in [2.24, 2.45) is 5.92 Å². The molecule has 0 spiro atoms. The average Bonchev–Trinajstić information content (AvgIpc) is 3.17. The minimum absolute atomic E-state index is 0.266. The molecule has 1 fully saturated rings. The molecule has 2 amide bonds. The summed E-state index contributed by atoms with van der Waals surface area (Å²) in [6.07, 6.45) is 0. The molecule has 6 nitrogen and oxygen atoms in total. The molecule has 142 valence electrons. The lowest BCUT2D eigenvalue weighted by Gasteiger charge is -2.18. The Labute approximate surface area is 153 Å². The van der Waals surface area contributed by atoms with E-state index in [2.05, 4.69) is 21.5 Å². The van der Waals surface area contributed by atoms with Crippen LogP contribution in [-0.4, -0.2) is 24.9 Å². The number of carbonyl (C=O) groups excluding carboxylic acids is 2. The van der Waals surface area contributed by atoms with E-state index in [1.807, 2.05) is 30.3 Å². The largest absolute Gasteiger partial charge is 0.347 e. The Morgan fingerprint density at radius 3 is 2.52 bits per heavy atom. The standard InChI is InChI=1S/C18H17F3N4O2/c19-12-6-7-13(16(21)15(12)20)24-14(26)9-22-18(27)11-8-23-25-17(11)10-4-2-1-3-5-10/h1-7,11,17,23,25H,8-9H2,(H,22,27)(H,24,26). The van der Waals surface area contributed by atoms with E-state index in [0.717, 1.165) is 11.6 Å². The van der Waals surface area contributed by atoms with E-state index in [1.165, 1.54) is 0 Å². The highest BCUT2D eigenvalue weighted by atomic mass is 19.2. The van der Waals surface area contributed by atoms with E-state index in [4.69, 9.17) is 0 Å². The van der Waals surface area contributed by atoms with Crippen LogP contribution in [0.3, 0.4) is 0 Å². The zero-order valence-electron chi connectivity index (χ0n) is 14.1. The molecule has 0 saturated carbocycles. The van der Waals surface area contributed by atoms with Crippen LogP contribution in [0.25, 0.3) is 0 Å². The highest BCUT2D eigenvalue weighted by Crippen LogP contribution is 2.24. The van der Waals surface area contributed by atoms with Crippen LogP contribution in [0, 0.1) is 23.4 Å². The summed E-state index contributed by atoms with van der Waals surface area (Å²) in [5.74, 6) is -6.12. The van der Waals surface area contributed by atoms with E-state index < -0.39 is 41.5 Å². The molecule has 0 bridgehead atoms. The molecule has 1 aliphatic heterocycles. The van der Waals surface area contributed by atoms with Gasteiger partial charge in [-0.1, -0.05) is 30.3 Å². The maximum absolute atomic E-state index is 13.6. The molecule has 1 saturated heterocycles. The molecular weight excluding hydrogens is 361 g/mol. The predicted molar refractivity (Wildman–Crippen MR) is 91.8 cm³/mol. The van der Waals surface area contributed by atoms with Gasteiger partial charge in [0.05, 0.1) is 24.2 Å². The van der Waals surface area contributed by atoms with Gasteiger partial charge in [-0.15, -0.1) is 0 Å². The number of halogens is 3. The first-order chi connectivity index (χ1) is 13.0. The Morgan fingerprint density at radius 1 is 1.04 bits per heavy atom. The molecule has 2 atom stereocenters. The molecule has 2 unspecified atom stereocenters. The van der Waals surface area contributed by atoms with E-state index in [0.29, 0.717) is 12.6 Å². The van der Waals surface area contributed by atoms with Gasteiger partial charge in [-0.3, -0.25) is 15.0 Å². The molecule has 27 heavy (non-hydrogen) atoms. The van der Waals surface area contributed by atoms with Crippen molar-refractivity contribution in [3.63, 3.8) is 0 Å². The van der Waals surface area contributed by atoms with Crippen LogP contribution >= 0.6 is 0 Å². The predicted octanol–water partition coefficient (Wildman–Crippen LogP) is 1.62. The Balaban J connectivity index is 1.57. The van der Waals surface area contributed by atoms with E-state index in [-0.39, 0.29) is 11.9 Å². The van der Waals surface area contributed by atoms with Crippen LogP contribution in [0.5, 0.6) is 0 Å². The summed E-state index contributed by atoms with van der Waals surface area (Å²) < 4.78 is 39.7. The molecule has 2 aromatic rings. The maximum Gasteiger partial charge on any atom is 0.243 e. The molecule has 3 rings (SSSR count). The van der Waals surface area contributed by atoms with Gasteiger partial charge in [-0.25, -0.2) is 18.6 Å². The normalized spacial score (nSPS) is 18.9. The Kier molecular flexibility index (Phi) is 5.72. The molecular formula is C18H17F3N4O2. The second kappa shape index (κ2) is 8.19. The molecule has 0 aromatic heterocycles. The van der Waals surface area contributed by atoms with Gasteiger partial charge in [-0.2, -0.15) is 0 Å². The lowest BCUT2D eigenvalue weighted by Crippen LogP contribution is -2.39. The number of rotatable bonds is 5. The second-order valence-electron chi connectivity index (χ2n) is 6.01. The number of hydrogen-bond donors (Lipinski definition) is 4. The fourth-order valence-electron chi connectivity index (χ4n) is 2.83. The topological polar surface area (TPSA) is 82.3 Å². The molecule has 9 heteroatoms. The third kappa shape index (κ3) is 4.26. The second-order valence-corrected chi connectivity index (χ2v) is 6.01. The number of amides is 2. The zero-order chi connectivity index (χ0) is 19.4. The quantitative estimate of drug-likeness (QED) is 0.596. The molecule has 1 heterocycles. The van der Waals surface area contributed by atoms with Crippen molar-refractivity contribution in [3.05, 3.63) is 65.5 Å². The van der Waals surface area contributed by atoms with Crippen molar-refractivity contribution in [1.82, 2.24) is 16.2 Å². The molecule has 2 aromatic carbocycles. The van der Waals surface area contributed by atoms with Gasteiger partial charge >= 0.3 is 0 Å². The first-order valence-electron chi connectivity index (χ1n) is 8.21. The fraction of sp³-hybridized carbons (Fsp3) is 0.222. The van der Waals surface area contributed by atoms with Crippen LogP contribution in [0.1, 0.15) is 11.6 Å². The molecule has 0 aliphatic carbocycles. The molecule has 1 aliphatic rings. The summed E-state index contributed by atoms with van der Waals surface area (Å²) in [7, 11) is 0. The summed E-state index contributed by atoms with van der Waals surface area (Å²) in [6, 6.07) is 10.7. The van der Waals surface area contributed by atoms with Crippen molar-refractivity contribution < 1.29 is 22.8 Å². The van der Waals surface area contributed by atoms with E-state index in [9.17, 15) is 22.8 Å². The number of carbonyl (C=O) groups is 2. The minimum atomic E-state index is -1.68. The van der Waals surface area contributed by atoms with Crippen LogP contribution in [0.4, 0.5) is 18.9 Å². The Hall–Kier alpha value is -2.91. The monoisotopic (exact) mass is 378 g/mol. The Morgan fingerprint density at radius 2 is 1.78 bits per heavy atom. The lowest BCUT2D eigenvalue weighted by molar-refractivity contribution is -0.127. The molecule has 0 radical (unpaired) electrons. The van der Waals surface area contributed by atoms with E-state index >= 15 is 0 Å². The lowest BCUT2D eigenvalue weighted by atomic mass is 9.94. The number of hydrazine groups is 1. The van der Waals surface area contributed by atoms with Gasteiger partial charge in [0.1, 0.15) is 0 Å². The van der Waals surface area contributed by atoms with Crippen LogP contribution in [0.15, 0.2) is 42.5 Å². The summed E-state index contributed by atoms with van der Waals surface area (Å²) in [5, 5.41) is 4.57. The van der Waals surface area contributed by atoms with Gasteiger partial charge in [0.25, 0.3) is 0 Å².